The van der Waals surface area contributed by atoms with Crippen molar-refractivity contribution >= 4 is 0 Å². The van der Waals surface area contributed by atoms with E-state index in [1.807, 2.05) is 24.3 Å². The van der Waals surface area contributed by atoms with E-state index < -0.39 is 6.10 Å². The summed E-state index contributed by atoms with van der Waals surface area (Å²) in [6.45, 7) is 2.46. The van der Waals surface area contributed by atoms with Crippen LogP contribution in [0.25, 0.3) is 0 Å². The maximum Gasteiger partial charge on any atom is 0.229 e. The molecule has 134 valence electrons. The third-order valence-corrected chi connectivity index (χ3v) is 5.16. The van der Waals surface area contributed by atoms with Crippen molar-refractivity contribution in [1.82, 2.24) is 15.0 Å². The molecule has 0 spiro atoms. The van der Waals surface area contributed by atoms with Crippen LogP contribution in [0.1, 0.15) is 60.9 Å². The first-order valence-electron chi connectivity index (χ1n) is 9.11. The molecule has 1 saturated carbocycles. The van der Waals surface area contributed by atoms with Gasteiger partial charge in [-0.2, -0.15) is 4.98 Å². The summed E-state index contributed by atoms with van der Waals surface area (Å²) in [6, 6.07) is 7.64. The van der Waals surface area contributed by atoms with Crippen LogP contribution in [-0.4, -0.2) is 46.9 Å². The van der Waals surface area contributed by atoms with Crippen molar-refractivity contribution in [3.63, 3.8) is 0 Å². The average molecular weight is 343 g/mol. The van der Waals surface area contributed by atoms with Crippen LogP contribution in [0.4, 0.5) is 0 Å². The molecular formula is C19H25N3O3. The van der Waals surface area contributed by atoms with E-state index in [9.17, 15) is 5.11 Å². The number of nitrogens with zero attached hydrogens (tertiary/aromatic N) is 3. The molecule has 2 atom stereocenters. The molecule has 1 aromatic carbocycles. The zero-order chi connectivity index (χ0) is 17.2. The Morgan fingerprint density at radius 1 is 1.32 bits per heavy atom. The molecule has 0 radical (unpaired) electrons. The van der Waals surface area contributed by atoms with Crippen molar-refractivity contribution in [2.45, 2.75) is 43.6 Å². The fourth-order valence-corrected chi connectivity index (χ4v) is 3.54. The summed E-state index contributed by atoms with van der Waals surface area (Å²) in [5.41, 5.74) is 0.886. The lowest BCUT2D eigenvalue weighted by Crippen LogP contribution is -2.37. The minimum absolute atomic E-state index is 0.294. The molecule has 6 heteroatoms. The highest BCUT2D eigenvalue weighted by Crippen LogP contribution is 2.39. The van der Waals surface area contributed by atoms with Crippen LogP contribution >= 0.6 is 0 Å². The first-order valence-corrected chi connectivity index (χ1v) is 9.11. The van der Waals surface area contributed by atoms with Gasteiger partial charge in [0, 0.05) is 24.9 Å². The van der Waals surface area contributed by atoms with Gasteiger partial charge in [0.1, 0.15) is 5.75 Å². The smallest absolute Gasteiger partial charge is 0.229 e. The Morgan fingerprint density at radius 3 is 3.00 bits per heavy atom. The molecule has 1 aliphatic heterocycles. The Bertz CT molecular complexity index is 713. The highest BCUT2D eigenvalue weighted by atomic mass is 16.5. The Morgan fingerprint density at radius 2 is 2.20 bits per heavy atom. The number of aliphatic hydroxyl groups is 1. The Labute approximate surface area is 147 Å². The third-order valence-electron chi connectivity index (χ3n) is 5.16. The number of benzene rings is 1. The van der Waals surface area contributed by atoms with Crippen molar-refractivity contribution in [2.24, 2.45) is 0 Å². The van der Waals surface area contributed by atoms with Gasteiger partial charge < -0.3 is 14.4 Å². The first kappa shape index (κ1) is 16.5. The number of likely N-dealkylation sites (tertiary alicyclic amines) is 1. The normalized spacial score (nSPS) is 22.7. The largest absolute Gasteiger partial charge is 0.497 e. The minimum Gasteiger partial charge on any atom is -0.497 e. The SMILES string of the molecule is COc1cccc([C@H](O)CN2CCC[C@@H](c3noc(C4CC4)n3)C2)c1. The molecule has 0 unspecified atom stereocenters. The lowest BCUT2D eigenvalue weighted by Gasteiger charge is -2.32. The number of rotatable bonds is 6. The molecule has 6 nitrogen and oxygen atoms in total. The molecule has 2 heterocycles. The van der Waals surface area contributed by atoms with Crippen LogP contribution in [-0.2, 0) is 0 Å². The van der Waals surface area contributed by atoms with E-state index in [2.05, 4.69) is 15.0 Å². The number of β-amino-alcohol motifs (C(OH)–C–C–N with tert-alkyl or cyclic N) is 1. The number of hydrogen-bond donors (Lipinski definition) is 1. The lowest BCUT2D eigenvalue weighted by atomic mass is 9.96. The van der Waals surface area contributed by atoms with E-state index in [1.165, 1.54) is 12.8 Å². The Hall–Kier alpha value is -1.92. The van der Waals surface area contributed by atoms with Gasteiger partial charge in [-0.05, 0) is 49.9 Å². The third kappa shape index (κ3) is 3.85. The average Bonchev–Trinajstić information content (AvgIpc) is 3.39. The van der Waals surface area contributed by atoms with Crippen molar-refractivity contribution < 1.29 is 14.4 Å². The molecule has 4 rings (SSSR count). The van der Waals surface area contributed by atoms with E-state index in [1.54, 1.807) is 7.11 Å². The molecule has 1 saturated heterocycles. The van der Waals surface area contributed by atoms with Gasteiger partial charge in [0.25, 0.3) is 0 Å². The summed E-state index contributed by atoms with van der Waals surface area (Å²) in [6.07, 6.45) is 3.98. The number of piperidine rings is 1. The van der Waals surface area contributed by atoms with Gasteiger partial charge in [-0.1, -0.05) is 17.3 Å². The summed E-state index contributed by atoms with van der Waals surface area (Å²) >= 11 is 0. The fraction of sp³-hybridized carbons (Fsp3) is 0.579. The van der Waals surface area contributed by atoms with Crippen LogP contribution in [0.5, 0.6) is 5.75 Å². The number of hydrogen-bond acceptors (Lipinski definition) is 6. The molecular weight excluding hydrogens is 318 g/mol. The summed E-state index contributed by atoms with van der Waals surface area (Å²) in [4.78, 5) is 6.90. The van der Waals surface area contributed by atoms with Gasteiger partial charge in [0.2, 0.25) is 5.89 Å². The number of methoxy groups -OCH3 is 1. The molecule has 1 N–H and O–H groups in total. The highest BCUT2D eigenvalue weighted by Gasteiger charge is 2.32. The molecule has 0 amide bonds. The molecule has 2 fully saturated rings. The number of aliphatic hydroxyl groups excluding tert-OH is 1. The second kappa shape index (κ2) is 7.14. The second-order valence-corrected chi connectivity index (χ2v) is 7.16. The van der Waals surface area contributed by atoms with Crippen LogP contribution < -0.4 is 4.74 Å². The van der Waals surface area contributed by atoms with Gasteiger partial charge in [-0.15, -0.1) is 0 Å². The Kier molecular flexibility index (Phi) is 4.72. The van der Waals surface area contributed by atoms with E-state index in [0.717, 1.165) is 49.0 Å². The summed E-state index contributed by atoms with van der Waals surface area (Å²) in [5.74, 6) is 3.21. The lowest BCUT2D eigenvalue weighted by molar-refractivity contribution is 0.0940. The fourth-order valence-electron chi connectivity index (χ4n) is 3.54. The molecule has 1 aliphatic carbocycles. The van der Waals surface area contributed by atoms with Gasteiger partial charge in [0.05, 0.1) is 13.2 Å². The van der Waals surface area contributed by atoms with Crippen molar-refractivity contribution in [3.8, 4) is 5.75 Å². The summed E-state index contributed by atoms with van der Waals surface area (Å²) < 4.78 is 10.7. The van der Waals surface area contributed by atoms with Gasteiger partial charge in [0.15, 0.2) is 5.82 Å². The predicted molar refractivity (Wildman–Crippen MR) is 92.6 cm³/mol. The van der Waals surface area contributed by atoms with E-state index in [-0.39, 0.29) is 0 Å². The van der Waals surface area contributed by atoms with E-state index >= 15 is 0 Å². The molecule has 2 aromatic rings. The van der Waals surface area contributed by atoms with Crippen LogP contribution in [0.2, 0.25) is 0 Å². The van der Waals surface area contributed by atoms with Crippen LogP contribution in [0.15, 0.2) is 28.8 Å². The maximum atomic E-state index is 10.6. The van der Waals surface area contributed by atoms with Crippen molar-refractivity contribution in [1.29, 1.82) is 0 Å². The molecule has 0 bridgehead atoms. The standard InChI is InChI=1S/C19H25N3O3/c1-24-16-6-2-4-14(10-16)17(23)12-22-9-3-5-15(11-22)18-20-19(25-21-18)13-7-8-13/h2,4,6,10,13,15,17,23H,3,5,7-9,11-12H2,1H3/t15-,17-/m1/s1. The van der Waals surface area contributed by atoms with Crippen LogP contribution in [0.3, 0.4) is 0 Å². The first-order chi connectivity index (χ1) is 12.2. The zero-order valence-electron chi connectivity index (χ0n) is 14.6. The van der Waals surface area contributed by atoms with Gasteiger partial charge in [-0.3, -0.25) is 4.90 Å². The Balaban J connectivity index is 1.38. The maximum absolute atomic E-state index is 10.6. The van der Waals surface area contributed by atoms with Crippen LogP contribution in [0, 0.1) is 0 Å². The number of aromatic nitrogens is 2. The van der Waals surface area contributed by atoms with Crippen molar-refractivity contribution in [2.75, 3.05) is 26.7 Å². The van der Waals surface area contributed by atoms with E-state index in [0.29, 0.717) is 18.4 Å². The molecule has 2 aliphatic rings. The number of ether oxygens (including phenoxy) is 1. The van der Waals surface area contributed by atoms with Gasteiger partial charge in [-0.25, -0.2) is 0 Å². The second-order valence-electron chi connectivity index (χ2n) is 7.16. The summed E-state index contributed by atoms with van der Waals surface area (Å²) in [7, 11) is 1.64. The minimum atomic E-state index is -0.527. The molecule has 1 aromatic heterocycles. The van der Waals surface area contributed by atoms with Gasteiger partial charge >= 0.3 is 0 Å². The van der Waals surface area contributed by atoms with Crippen molar-refractivity contribution in [3.05, 3.63) is 41.5 Å². The molecule has 25 heavy (non-hydrogen) atoms. The predicted octanol–water partition coefficient (Wildman–Crippen LogP) is 2.87. The summed E-state index contributed by atoms with van der Waals surface area (Å²) in [5, 5.41) is 14.8. The highest BCUT2D eigenvalue weighted by molar-refractivity contribution is 5.30. The zero-order valence-corrected chi connectivity index (χ0v) is 14.6. The topological polar surface area (TPSA) is 71.6 Å². The quantitative estimate of drug-likeness (QED) is 0.869. The van der Waals surface area contributed by atoms with E-state index in [4.69, 9.17) is 9.26 Å². The monoisotopic (exact) mass is 343 g/mol.